The molecular formula is C18H24N4O4. The lowest BCUT2D eigenvalue weighted by Crippen LogP contribution is -2.33. The first-order valence-electron chi connectivity index (χ1n) is 8.23. The van der Waals surface area contributed by atoms with Crippen molar-refractivity contribution in [3.63, 3.8) is 0 Å². The van der Waals surface area contributed by atoms with E-state index < -0.39 is 17.8 Å². The van der Waals surface area contributed by atoms with Gasteiger partial charge in [-0.3, -0.25) is 5.32 Å². The molecule has 2 aromatic rings. The number of hydrogen-bond donors (Lipinski definition) is 3. The van der Waals surface area contributed by atoms with Gasteiger partial charge in [-0.15, -0.1) is 0 Å². The van der Waals surface area contributed by atoms with Gasteiger partial charge in [-0.2, -0.15) is 0 Å². The number of carbonyl (C=O) groups excluding carboxylic acids is 2. The van der Waals surface area contributed by atoms with Crippen molar-refractivity contribution in [2.45, 2.75) is 32.8 Å². The smallest absolute Gasteiger partial charge is 0.411 e. The highest BCUT2D eigenvalue weighted by molar-refractivity contribution is 5.84. The van der Waals surface area contributed by atoms with Crippen molar-refractivity contribution in [1.29, 1.82) is 0 Å². The number of anilines is 1. The summed E-state index contributed by atoms with van der Waals surface area (Å²) in [6, 6.07) is 7.27. The molecule has 0 atom stereocenters. The van der Waals surface area contributed by atoms with Crippen molar-refractivity contribution in [3.8, 4) is 11.3 Å². The van der Waals surface area contributed by atoms with Crippen LogP contribution < -0.4 is 10.6 Å². The van der Waals surface area contributed by atoms with Crippen LogP contribution in [0.5, 0.6) is 0 Å². The Labute approximate surface area is 152 Å². The van der Waals surface area contributed by atoms with Gasteiger partial charge < -0.3 is 19.8 Å². The van der Waals surface area contributed by atoms with E-state index in [1.165, 1.54) is 7.11 Å². The van der Waals surface area contributed by atoms with Crippen molar-refractivity contribution in [1.82, 2.24) is 15.3 Å². The molecule has 0 fully saturated rings. The van der Waals surface area contributed by atoms with Crippen LogP contribution in [0, 0.1) is 0 Å². The number of methoxy groups -OCH3 is 1. The molecule has 0 unspecified atom stereocenters. The van der Waals surface area contributed by atoms with Gasteiger partial charge in [0.25, 0.3) is 0 Å². The van der Waals surface area contributed by atoms with Crippen LogP contribution in [-0.4, -0.2) is 41.4 Å². The van der Waals surface area contributed by atoms with Crippen molar-refractivity contribution < 1.29 is 19.1 Å². The topological polar surface area (TPSA) is 105 Å². The van der Waals surface area contributed by atoms with Crippen LogP contribution in [0.4, 0.5) is 15.3 Å². The summed E-state index contributed by atoms with van der Waals surface area (Å²) in [5.74, 6) is 0.757. The highest BCUT2D eigenvalue weighted by Gasteiger charge is 2.15. The largest absolute Gasteiger partial charge is 0.453 e. The van der Waals surface area contributed by atoms with E-state index in [-0.39, 0.29) is 0 Å². The lowest BCUT2D eigenvalue weighted by molar-refractivity contribution is 0.0528. The number of carbonyl (C=O) groups is 2. The lowest BCUT2D eigenvalue weighted by atomic mass is 10.1. The fourth-order valence-corrected chi connectivity index (χ4v) is 2.14. The number of benzene rings is 1. The highest BCUT2D eigenvalue weighted by Crippen LogP contribution is 2.20. The third-order valence-corrected chi connectivity index (χ3v) is 3.29. The molecule has 1 aromatic heterocycles. The first-order valence-corrected chi connectivity index (χ1v) is 8.23. The first kappa shape index (κ1) is 19.3. The Morgan fingerprint density at radius 3 is 2.46 bits per heavy atom. The summed E-state index contributed by atoms with van der Waals surface area (Å²) < 4.78 is 9.73. The predicted octanol–water partition coefficient (Wildman–Crippen LogP) is 3.32. The molecule has 1 aromatic carbocycles. The number of hydrogen-bond acceptors (Lipinski definition) is 5. The zero-order valence-corrected chi connectivity index (χ0v) is 15.4. The molecule has 0 aliphatic carbocycles. The van der Waals surface area contributed by atoms with Crippen LogP contribution in [-0.2, 0) is 15.9 Å². The number of rotatable bonds is 5. The Morgan fingerprint density at radius 1 is 1.15 bits per heavy atom. The predicted molar refractivity (Wildman–Crippen MR) is 98.0 cm³/mol. The molecule has 26 heavy (non-hydrogen) atoms. The molecule has 8 heteroatoms. The van der Waals surface area contributed by atoms with Gasteiger partial charge in [0.1, 0.15) is 11.4 Å². The van der Waals surface area contributed by atoms with Crippen molar-refractivity contribution in [3.05, 3.63) is 36.3 Å². The molecule has 2 rings (SSSR count). The Kier molecular flexibility index (Phi) is 6.21. The Hall–Kier alpha value is -3.03. The number of amides is 2. The third kappa shape index (κ3) is 6.12. The number of aromatic nitrogens is 2. The Morgan fingerprint density at radius 2 is 1.85 bits per heavy atom. The van der Waals surface area contributed by atoms with E-state index in [0.717, 1.165) is 17.1 Å². The van der Waals surface area contributed by atoms with Gasteiger partial charge in [-0.1, -0.05) is 12.1 Å². The molecule has 0 bridgehead atoms. The summed E-state index contributed by atoms with van der Waals surface area (Å²) in [6.07, 6.45) is 1.32. The number of nitrogens with zero attached hydrogens (tertiary/aromatic N) is 1. The van der Waals surface area contributed by atoms with Crippen LogP contribution in [0.15, 0.2) is 30.5 Å². The van der Waals surface area contributed by atoms with E-state index in [9.17, 15) is 9.59 Å². The normalized spacial score (nSPS) is 10.9. The molecule has 0 aliphatic rings. The van der Waals surface area contributed by atoms with E-state index in [2.05, 4.69) is 25.3 Å². The van der Waals surface area contributed by atoms with Gasteiger partial charge >= 0.3 is 12.2 Å². The average Bonchev–Trinajstić information content (AvgIpc) is 3.02. The molecule has 3 N–H and O–H groups in total. The number of imidazole rings is 1. The fourth-order valence-electron chi connectivity index (χ4n) is 2.14. The molecule has 0 saturated carbocycles. The van der Waals surface area contributed by atoms with Crippen molar-refractivity contribution in [2.24, 2.45) is 0 Å². The number of aromatic amines is 1. The lowest BCUT2D eigenvalue weighted by Gasteiger charge is -2.19. The van der Waals surface area contributed by atoms with Crippen LogP contribution in [0.2, 0.25) is 0 Å². The zero-order chi connectivity index (χ0) is 19.2. The number of ether oxygens (including phenoxy) is 2. The van der Waals surface area contributed by atoms with Crippen LogP contribution in [0.3, 0.4) is 0 Å². The third-order valence-electron chi connectivity index (χ3n) is 3.29. The quantitative estimate of drug-likeness (QED) is 0.758. The summed E-state index contributed by atoms with van der Waals surface area (Å²) in [5.41, 5.74) is 1.90. The maximum atomic E-state index is 11.6. The van der Waals surface area contributed by atoms with Crippen LogP contribution in [0.1, 0.15) is 26.6 Å². The summed E-state index contributed by atoms with van der Waals surface area (Å²) in [4.78, 5) is 30.3. The van der Waals surface area contributed by atoms with Gasteiger partial charge in [-0.05, 0) is 38.5 Å². The highest BCUT2D eigenvalue weighted by atomic mass is 16.6. The second-order valence-electron chi connectivity index (χ2n) is 6.62. The van der Waals surface area contributed by atoms with E-state index in [0.29, 0.717) is 18.7 Å². The molecule has 1 heterocycles. The van der Waals surface area contributed by atoms with Crippen LogP contribution in [0.25, 0.3) is 11.3 Å². The van der Waals surface area contributed by atoms with E-state index >= 15 is 0 Å². The van der Waals surface area contributed by atoms with E-state index in [4.69, 9.17) is 4.74 Å². The number of alkyl carbamates (subject to hydrolysis) is 1. The molecule has 8 nitrogen and oxygen atoms in total. The Bertz CT molecular complexity index is 747. The monoisotopic (exact) mass is 360 g/mol. The minimum atomic E-state index is -0.517. The molecule has 0 radical (unpaired) electrons. The van der Waals surface area contributed by atoms with E-state index in [1.807, 2.05) is 32.9 Å². The van der Waals surface area contributed by atoms with Gasteiger partial charge in [0.15, 0.2) is 0 Å². The van der Waals surface area contributed by atoms with Gasteiger partial charge in [0, 0.05) is 18.7 Å². The zero-order valence-electron chi connectivity index (χ0n) is 15.4. The average molecular weight is 360 g/mol. The maximum Gasteiger partial charge on any atom is 0.411 e. The fraction of sp³-hybridized carbons (Fsp3) is 0.389. The van der Waals surface area contributed by atoms with Gasteiger partial charge in [0.2, 0.25) is 0 Å². The second-order valence-corrected chi connectivity index (χ2v) is 6.62. The Balaban J connectivity index is 1.87. The van der Waals surface area contributed by atoms with Crippen LogP contribution >= 0.6 is 0 Å². The minimum Gasteiger partial charge on any atom is -0.453 e. The minimum absolute atomic E-state index is 0.420. The molecule has 0 spiro atoms. The molecule has 2 amide bonds. The number of H-pyrrole nitrogens is 1. The molecular weight excluding hydrogens is 336 g/mol. The second kappa shape index (κ2) is 8.37. The summed E-state index contributed by atoms with van der Waals surface area (Å²) in [7, 11) is 1.31. The standard InChI is InChI=1S/C18H24N4O4/c1-18(2,3)26-16(23)19-10-9-15-20-11-14(22-15)12-5-7-13(8-6-12)21-17(24)25-4/h5-8,11H,9-10H2,1-4H3,(H,19,23)(H,20,22)(H,21,24). The summed E-state index contributed by atoms with van der Waals surface area (Å²) >= 11 is 0. The first-order chi connectivity index (χ1) is 12.3. The summed E-state index contributed by atoms with van der Waals surface area (Å²) in [5, 5.41) is 5.29. The maximum absolute atomic E-state index is 11.6. The SMILES string of the molecule is COC(=O)Nc1ccc(-c2cnc(CCNC(=O)OC(C)(C)C)[nH]2)cc1. The summed E-state index contributed by atoms with van der Waals surface area (Å²) in [6.45, 7) is 5.87. The van der Waals surface area contributed by atoms with Crippen molar-refractivity contribution in [2.75, 3.05) is 19.0 Å². The molecule has 0 aliphatic heterocycles. The number of nitrogens with one attached hydrogen (secondary N) is 3. The van der Waals surface area contributed by atoms with Gasteiger partial charge in [0.05, 0.1) is 19.0 Å². The molecule has 0 saturated heterocycles. The van der Waals surface area contributed by atoms with E-state index in [1.54, 1.807) is 18.3 Å². The van der Waals surface area contributed by atoms with Gasteiger partial charge in [-0.25, -0.2) is 14.6 Å². The van der Waals surface area contributed by atoms with Crippen molar-refractivity contribution >= 4 is 17.9 Å². The molecule has 140 valence electrons.